The van der Waals surface area contributed by atoms with E-state index >= 15 is 0 Å². The van der Waals surface area contributed by atoms with Gasteiger partial charge in [0.15, 0.2) is 0 Å². The van der Waals surface area contributed by atoms with Crippen molar-refractivity contribution < 1.29 is 4.74 Å². The minimum Gasteiger partial charge on any atom is -0.437 e. The summed E-state index contributed by atoms with van der Waals surface area (Å²) in [6.07, 6.45) is 1.54. The molecule has 5 heteroatoms. The fourth-order valence-corrected chi connectivity index (χ4v) is 2.07. The van der Waals surface area contributed by atoms with Crippen LogP contribution in [0.5, 0.6) is 11.6 Å². The topological polar surface area (TPSA) is 61.0 Å². The predicted octanol–water partition coefficient (Wildman–Crippen LogP) is 3.51. The fourth-order valence-electron chi connectivity index (χ4n) is 1.92. The number of nitrogens with two attached hydrogens (primary N) is 1. The first kappa shape index (κ1) is 15.4. The number of aryl methyl sites for hydroxylation is 1. The van der Waals surface area contributed by atoms with Crippen LogP contribution in [0.15, 0.2) is 30.5 Å². The van der Waals surface area contributed by atoms with Gasteiger partial charge in [-0.2, -0.15) is 5.10 Å². The third kappa shape index (κ3) is 3.55. The molecule has 0 aliphatic carbocycles. The van der Waals surface area contributed by atoms with Gasteiger partial charge in [0.1, 0.15) is 10.7 Å². The second-order valence-corrected chi connectivity index (χ2v) is 6.39. The molecule has 21 heavy (non-hydrogen) atoms. The molecule has 110 valence electrons. The van der Waals surface area contributed by atoms with Crippen LogP contribution in [0.2, 0.25) is 0 Å². The lowest BCUT2D eigenvalue weighted by Crippen LogP contribution is -2.13. The number of ether oxygens (including phenoxy) is 1. The van der Waals surface area contributed by atoms with Crippen molar-refractivity contribution in [3.05, 3.63) is 47.2 Å². The highest BCUT2D eigenvalue weighted by Gasteiger charge is 2.16. The molecule has 0 unspecified atom stereocenters. The van der Waals surface area contributed by atoms with Crippen molar-refractivity contribution in [1.29, 1.82) is 0 Å². The van der Waals surface area contributed by atoms with E-state index in [1.54, 1.807) is 6.07 Å². The molecule has 0 amide bonds. The van der Waals surface area contributed by atoms with E-state index in [-0.39, 0.29) is 10.4 Å². The van der Waals surface area contributed by atoms with Gasteiger partial charge < -0.3 is 10.5 Å². The summed E-state index contributed by atoms with van der Waals surface area (Å²) in [5.74, 6) is 1.05. The number of rotatable bonds is 3. The zero-order valence-corrected chi connectivity index (χ0v) is 13.5. The van der Waals surface area contributed by atoms with Gasteiger partial charge in [-0.05, 0) is 35.6 Å². The van der Waals surface area contributed by atoms with Gasteiger partial charge in [0, 0.05) is 0 Å². The molecule has 2 N–H and O–H groups in total. The smallest absolute Gasteiger partial charge is 0.249 e. The Balaban J connectivity index is 2.35. The number of aromatic nitrogens is 2. The molecule has 0 radical (unpaired) electrons. The first-order valence-corrected chi connectivity index (χ1v) is 7.10. The van der Waals surface area contributed by atoms with Gasteiger partial charge in [-0.15, -0.1) is 5.10 Å². The van der Waals surface area contributed by atoms with E-state index in [0.29, 0.717) is 11.4 Å². The molecule has 0 atom stereocenters. The molecule has 1 aromatic heterocycles. The van der Waals surface area contributed by atoms with Crippen LogP contribution in [0.4, 0.5) is 0 Å². The summed E-state index contributed by atoms with van der Waals surface area (Å²) in [5, 5.41) is 7.79. The van der Waals surface area contributed by atoms with Crippen molar-refractivity contribution in [3.63, 3.8) is 0 Å². The average Bonchev–Trinajstić information content (AvgIpc) is 2.40. The molecule has 2 aromatic rings. The van der Waals surface area contributed by atoms with Crippen LogP contribution in [0.1, 0.15) is 37.5 Å². The summed E-state index contributed by atoms with van der Waals surface area (Å²) in [7, 11) is 0. The molecule has 1 heterocycles. The van der Waals surface area contributed by atoms with E-state index in [4.69, 9.17) is 22.7 Å². The van der Waals surface area contributed by atoms with Crippen molar-refractivity contribution in [1.82, 2.24) is 10.2 Å². The lowest BCUT2D eigenvalue weighted by Gasteiger charge is -2.20. The maximum atomic E-state index is 5.83. The molecule has 0 aliphatic rings. The van der Waals surface area contributed by atoms with Gasteiger partial charge in [0.05, 0.1) is 11.8 Å². The number of thiocarbonyl (C=S) groups is 1. The van der Waals surface area contributed by atoms with Crippen LogP contribution in [0, 0.1) is 6.92 Å². The lowest BCUT2D eigenvalue weighted by molar-refractivity contribution is 0.450. The Hall–Kier alpha value is -2.01. The van der Waals surface area contributed by atoms with Gasteiger partial charge >= 0.3 is 0 Å². The summed E-state index contributed by atoms with van der Waals surface area (Å²) in [5.41, 5.74) is 8.63. The van der Waals surface area contributed by atoms with Crippen LogP contribution < -0.4 is 10.5 Å². The van der Waals surface area contributed by atoms with Crippen molar-refractivity contribution in [2.45, 2.75) is 33.1 Å². The summed E-state index contributed by atoms with van der Waals surface area (Å²) in [4.78, 5) is 0.240. The maximum Gasteiger partial charge on any atom is 0.249 e. The van der Waals surface area contributed by atoms with E-state index in [1.807, 2.05) is 13.0 Å². The monoisotopic (exact) mass is 301 g/mol. The van der Waals surface area contributed by atoms with Crippen molar-refractivity contribution in [2.75, 3.05) is 0 Å². The number of benzene rings is 1. The Bertz CT molecular complexity index is 677. The normalized spacial score (nSPS) is 11.2. The molecule has 1 aromatic carbocycles. The Morgan fingerprint density at radius 2 is 1.95 bits per heavy atom. The fraction of sp³-hybridized carbons (Fsp3) is 0.312. The Labute approximate surface area is 130 Å². The number of hydrogen-bond acceptors (Lipinski definition) is 4. The lowest BCUT2D eigenvalue weighted by atomic mass is 9.86. The van der Waals surface area contributed by atoms with Gasteiger partial charge in [0.2, 0.25) is 5.88 Å². The Kier molecular flexibility index (Phi) is 4.23. The highest BCUT2D eigenvalue weighted by molar-refractivity contribution is 7.80. The first-order valence-electron chi connectivity index (χ1n) is 6.69. The van der Waals surface area contributed by atoms with Gasteiger partial charge in [-0.1, -0.05) is 45.1 Å². The second kappa shape index (κ2) is 5.77. The van der Waals surface area contributed by atoms with Crippen LogP contribution >= 0.6 is 12.2 Å². The average molecular weight is 301 g/mol. The molecular weight excluding hydrogens is 282 g/mol. The quantitative estimate of drug-likeness (QED) is 0.879. The maximum absolute atomic E-state index is 5.83. The minimum absolute atomic E-state index is 0.0971. The molecule has 4 nitrogen and oxygen atoms in total. The van der Waals surface area contributed by atoms with Crippen molar-refractivity contribution in [3.8, 4) is 11.6 Å². The summed E-state index contributed by atoms with van der Waals surface area (Å²) in [6.45, 7) is 8.53. The standard InChI is InChI=1S/C16H19N3OS/c1-10-9-11(16(2,3)4)5-6-13(10)20-15-12(14(17)21)7-8-18-19-15/h5-9H,1-4H3,(H2,17,21). The largest absolute Gasteiger partial charge is 0.437 e. The SMILES string of the molecule is Cc1cc(C(C)(C)C)ccc1Oc1nnccc1C(N)=S. The first-order chi connectivity index (χ1) is 9.79. The predicted molar refractivity (Wildman–Crippen MR) is 87.9 cm³/mol. The van der Waals surface area contributed by atoms with Crippen LogP contribution in [-0.4, -0.2) is 15.2 Å². The molecule has 0 aliphatic heterocycles. The van der Waals surface area contributed by atoms with E-state index < -0.39 is 0 Å². The summed E-state index contributed by atoms with van der Waals surface area (Å²) < 4.78 is 5.83. The highest BCUT2D eigenvalue weighted by atomic mass is 32.1. The third-order valence-corrected chi connectivity index (χ3v) is 3.42. The van der Waals surface area contributed by atoms with Crippen molar-refractivity contribution >= 4 is 17.2 Å². The highest BCUT2D eigenvalue weighted by Crippen LogP contribution is 2.30. The van der Waals surface area contributed by atoms with Crippen molar-refractivity contribution in [2.24, 2.45) is 5.73 Å². The van der Waals surface area contributed by atoms with Crippen LogP contribution in [0.3, 0.4) is 0 Å². The van der Waals surface area contributed by atoms with E-state index in [9.17, 15) is 0 Å². The minimum atomic E-state index is 0.0971. The van der Waals surface area contributed by atoms with Crippen LogP contribution in [-0.2, 0) is 5.41 Å². The molecule has 0 saturated heterocycles. The van der Waals surface area contributed by atoms with Gasteiger partial charge in [0.25, 0.3) is 0 Å². The summed E-state index contributed by atoms with van der Waals surface area (Å²) in [6, 6.07) is 7.81. The second-order valence-electron chi connectivity index (χ2n) is 5.95. The molecule has 2 rings (SSSR count). The van der Waals surface area contributed by atoms with Crippen LogP contribution in [0.25, 0.3) is 0 Å². The molecule has 0 fully saturated rings. The van der Waals surface area contributed by atoms with Gasteiger partial charge in [-0.25, -0.2) is 0 Å². The summed E-state index contributed by atoms with van der Waals surface area (Å²) >= 11 is 5.00. The molecular formula is C16H19N3OS. The third-order valence-electron chi connectivity index (χ3n) is 3.20. The number of nitrogens with zero attached hydrogens (tertiary/aromatic N) is 2. The Morgan fingerprint density at radius 3 is 2.52 bits per heavy atom. The molecule has 0 saturated carbocycles. The van der Waals surface area contributed by atoms with Gasteiger partial charge in [-0.3, -0.25) is 0 Å². The Morgan fingerprint density at radius 1 is 1.24 bits per heavy atom. The van der Waals surface area contributed by atoms with E-state index in [2.05, 4.69) is 43.1 Å². The van der Waals surface area contributed by atoms with E-state index in [1.165, 1.54) is 11.8 Å². The zero-order chi connectivity index (χ0) is 15.6. The number of hydrogen-bond donors (Lipinski definition) is 1. The molecule has 0 bridgehead atoms. The molecule has 0 spiro atoms. The van der Waals surface area contributed by atoms with E-state index in [0.717, 1.165) is 11.3 Å². The zero-order valence-electron chi connectivity index (χ0n) is 12.7.